The summed E-state index contributed by atoms with van der Waals surface area (Å²) in [6.45, 7) is 4.90. The summed E-state index contributed by atoms with van der Waals surface area (Å²) in [6.07, 6.45) is 11.5. The third kappa shape index (κ3) is 10.6. The summed E-state index contributed by atoms with van der Waals surface area (Å²) >= 11 is 0. The molecule has 0 aliphatic rings. The van der Waals surface area contributed by atoms with Crippen molar-refractivity contribution in [3.63, 3.8) is 0 Å². The van der Waals surface area contributed by atoms with Gasteiger partial charge in [0.25, 0.3) is 0 Å². The lowest BCUT2D eigenvalue weighted by molar-refractivity contribution is -0.121. The average molecular weight is 256 g/mol. The van der Waals surface area contributed by atoms with Gasteiger partial charge >= 0.3 is 0 Å². The topological polar surface area (TPSA) is 55.1 Å². The smallest absolute Gasteiger partial charge is 0.220 e. The summed E-state index contributed by atoms with van der Waals surface area (Å²) in [5, 5.41) is 3.01. The van der Waals surface area contributed by atoms with Crippen LogP contribution in [0.3, 0.4) is 0 Å². The highest BCUT2D eigenvalue weighted by atomic mass is 16.1. The summed E-state index contributed by atoms with van der Waals surface area (Å²) in [5.74, 6) is 0.174. The molecule has 0 fully saturated rings. The predicted molar refractivity (Wildman–Crippen MR) is 78.5 cm³/mol. The molecule has 1 amide bonds. The van der Waals surface area contributed by atoms with Crippen LogP contribution in [0.1, 0.15) is 78.1 Å². The largest absolute Gasteiger partial charge is 0.352 e. The number of carbonyl (C=O) groups is 1. The zero-order chi connectivity index (χ0) is 13.6. The summed E-state index contributed by atoms with van der Waals surface area (Å²) in [4.78, 5) is 11.7. The van der Waals surface area contributed by atoms with E-state index in [4.69, 9.17) is 5.73 Å². The number of nitrogens with two attached hydrogens (primary N) is 1. The van der Waals surface area contributed by atoms with Crippen LogP contribution in [0, 0.1) is 0 Å². The van der Waals surface area contributed by atoms with E-state index in [2.05, 4.69) is 19.2 Å². The van der Waals surface area contributed by atoms with Crippen LogP contribution in [0.15, 0.2) is 0 Å². The number of unbranched alkanes of at least 4 members (excludes halogenated alkanes) is 6. The standard InChI is InChI=1S/C15H32N2O/c1-3-5-6-7-8-9-10-12-15(18)17-14(13-16)11-4-2/h14H,3-13,16H2,1-2H3,(H,17,18). The highest BCUT2D eigenvalue weighted by Gasteiger charge is 2.08. The third-order valence-electron chi connectivity index (χ3n) is 3.29. The van der Waals surface area contributed by atoms with E-state index < -0.39 is 0 Å². The van der Waals surface area contributed by atoms with Gasteiger partial charge in [-0.2, -0.15) is 0 Å². The van der Waals surface area contributed by atoms with Crippen LogP contribution in [0.5, 0.6) is 0 Å². The Bertz CT molecular complexity index is 195. The van der Waals surface area contributed by atoms with E-state index in [-0.39, 0.29) is 11.9 Å². The van der Waals surface area contributed by atoms with Gasteiger partial charge in [0.15, 0.2) is 0 Å². The first-order valence-corrected chi connectivity index (χ1v) is 7.74. The zero-order valence-corrected chi connectivity index (χ0v) is 12.3. The Kier molecular flexibility index (Phi) is 12.5. The fraction of sp³-hybridized carbons (Fsp3) is 0.933. The zero-order valence-electron chi connectivity index (χ0n) is 12.3. The first-order valence-electron chi connectivity index (χ1n) is 7.74. The van der Waals surface area contributed by atoms with Crippen molar-refractivity contribution in [2.24, 2.45) is 5.73 Å². The second-order valence-electron chi connectivity index (χ2n) is 5.16. The van der Waals surface area contributed by atoms with E-state index in [0.29, 0.717) is 13.0 Å². The molecule has 0 aromatic rings. The van der Waals surface area contributed by atoms with E-state index in [0.717, 1.165) is 19.3 Å². The highest BCUT2D eigenvalue weighted by molar-refractivity contribution is 5.76. The third-order valence-corrected chi connectivity index (χ3v) is 3.29. The number of amides is 1. The minimum absolute atomic E-state index is 0.173. The summed E-state index contributed by atoms with van der Waals surface area (Å²) in [6, 6.07) is 0.173. The van der Waals surface area contributed by atoms with Gasteiger partial charge < -0.3 is 11.1 Å². The van der Waals surface area contributed by atoms with Gasteiger partial charge in [0.1, 0.15) is 0 Å². The molecule has 0 aromatic heterocycles. The lowest BCUT2D eigenvalue weighted by Gasteiger charge is -2.15. The Balaban J connectivity index is 3.41. The molecule has 0 saturated heterocycles. The second-order valence-corrected chi connectivity index (χ2v) is 5.16. The Morgan fingerprint density at radius 1 is 1.00 bits per heavy atom. The fourth-order valence-electron chi connectivity index (χ4n) is 2.14. The van der Waals surface area contributed by atoms with Crippen molar-refractivity contribution in [1.82, 2.24) is 5.32 Å². The molecule has 1 atom stereocenters. The van der Waals surface area contributed by atoms with Crippen LogP contribution < -0.4 is 11.1 Å². The van der Waals surface area contributed by atoms with Crippen LogP contribution in [0.2, 0.25) is 0 Å². The predicted octanol–water partition coefficient (Wildman–Crippen LogP) is 3.37. The van der Waals surface area contributed by atoms with Crippen molar-refractivity contribution in [3.8, 4) is 0 Å². The fourth-order valence-corrected chi connectivity index (χ4v) is 2.14. The van der Waals surface area contributed by atoms with Gasteiger partial charge in [-0.3, -0.25) is 4.79 Å². The maximum atomic E-state index is 11.7. The molecular weight excluding hydrogens is 224 g/mol. The molecule has 0 aromatic carbocycles. The molecular formula is C15H32N2O. The molecule has 3 heteroatoms. The molecule has 0 heterocycles. The Morgan fingerprint density at radius 3 is 2.17 bits per heavy atom. The molecule has 3 nitrogen and oxygen atoms in total. The molecule has 1 unspecified atom stereocenters. The number of hydrogen-bond acceptors (Lipinski definition) is 2. The monoisotopic (exact) mass is 256 g/mol. The molecule has 18 heavy (non-hydrogen) atoms. The minimum Gasteiger partial charge on any atom is -0.352 e. The lowest BCUT2D eigenvalue weighted by Crippen LogP contribution is -2.39. The van der Waals surface area contributed by atoms with Gasteiger partial charge in [-0.15, -0.1) is 0 Å². The van der Waals surface area contributed by atoms with E-state index >= 15 is 0 Å². The first-order chi connectivity index (χ1) is 8.74. The Morgan fingerprint density at radius 2 is 1.61 bits per heavy atom. The minimum atomic E-state index is 0.173. The maximum absolute atomic E-state index is 11.7. The molecule has 0 aliphatic heterocycles. The lowest BCUT2D eigenvalue weighted by atomic mass is 10.1. The number of hydrogen-bond donors (Lipinski definition) is 2. The molecule has 0 rings (SSSR count). The summed E-state index contributed by atoms with van der Waals surface area (Å²) in [5.41, 5.74) is 5.62. The molecule has 3 N–H and O–H groups in total. The van der Waals surface area contributed by atoms with Gasteiger partial charge in [-0.1, -0.05) is 58.8 Å². The Hall–Kier alpha value is -0.570. The van der Waals surface area contributed by atoms with Crippen molar-refractivity contribution < 1.29 is 4.79 Å². The summed E-state index contributed by atoms with van der Waals surface area (Å²) < 4.78 is 0. The molecule has 0 aliphatic carbocycles. The van der Waals surface area contributed by atoms with E-state index in [1.54, 1.807) is 0 Å². The number of rotatable bonds is 12. The van der Waals surface area contributed by atoms with Gasteiger partial charge in [0, 0.05) is 19.0 Å². The van der Waals surface area contributed by atoms with E-state index in [1.165, 1.54) is 38.5 Å². The molecule has 0 spiro atoms. The van der Waals surface area contributed by atoms with Crippen molar-refractivity contribution in [2.75, 3.05) is 6.54 Å². The second kappa shape index (κ2) is 12.9. The van der Waals surface area contributed by atoms with Gasteiger partial charge in [0.05, 0.1) is 0 Å². The van der Waals surface area contributed by atoms with Crippen molar-refractivity contribution in [1.29, 1.82) is 0 Å². The van der Waals surface area contributed by atoms with Crippen LogP contribution in [-0.2, 0) is 4.79 Å². The molecule has 0 radical (unpaired) electrons. The van der Waals surface area contributed by atoms with Crippen LogP contribution in [0.25, 0.3) is 0 Å². The van der Waals surface area contributed by atoms with Crippen LogP contribution in [0.4, 0.5) is 0 Å². The number of carbonyl (C=O) groups excluding carboxylic acids is 1. The van der Waals surface area contributed by atoms with Gasteiger partial charge in [-0.25, -0.2) is 0 Å². The summed E-state index contributed by atoms with van der Waals surface area (Å²) in [7, 11) is 0. The van der Waals surface area contributed by atoms with Crippen LogP contribution in [-0.4, -0.2) is 18.5 Å². The first kappa shape index (κ1) is 17.4. The van der Waals surface area contributed by atoms with Crippen LogP contribution >= 0.6 is 0 Å². The van der Waals surface area contributed by atoms with Crippen molar-refractivity contribution in [3.05, 3.63) is 0 Å². The average Bonchev–Trinajstić information content (AvgIpc) is 2.37. The van der Waals surface area contributed by atoms with Gasteiger partial charge in [-0.05, 0) is 12.8 Å². The maximum Gasteiger partial charge on any atom is 0.220 e. The molecule has 0 bridgehead atoms. The quantitative estimate of drug-likeness (QED) is 0.526. The Labute approximate surface area is 113 Å². The SMILES string of the molecule is CCCCCCCCCC(=O)NC(CN)CCC. The van der Waals surface area contributed by atoms with E-state index in [1.807, 2.05) is 0 Å². The number of nitrogens with one attached hydrogen (secondary N) is 1. The highest BCUT2D eigenvalue weighted by Crippen LogP contribution is 2.08. The molecule has 0 saturated carbocycles. The van der Waals surface area contributed by atoms with Gasteiger partial charge in [0.2, 0.25) is 5.91 Å². The van der Waals surface area contributed by atoms with Crippen molar-refractivity contribution >= 4 is 5.91 Å². The molecule has 108 valence electrons. The van der Waals surface area contributed by atoms with Crippen molar-refractivity contribution in [2.45, 2.75) is 84.1 Å². The van der Waals surface area contributed by atoms with E-state index in [9.17, 15) is 4.79 Å². The normalized spacial score (nSPS) is 12.4.